The summed E-state index contributed by atoms with van der Waals surface area (Å²) in [5.41, 5.74) is 2.51. The van der Waals surface area contributed by atoms with E-state index >= 15 is 0 Å². The molecule has 1 amide bonds. The van der Waals surface area contributed by atoms with Crippen molar-refractivity contribution < 1.29 is 14.3 Å². The molecule has 0 spiro atoms. The zero-order valence-electron chi connectivity index (χ0n) is 14.7. The van der Waals surface area contributed by atoms with E-state index in [1.807, 2.05) is 59.1 Å². The maximum atomic E-state index is 12.8. The van der Waals surface area contributed by atoms with Crippen molar-refractivity contribution in [1.82, 2.24) is 9.38 Å². The van der Waals surface area contributed by atoms with Gasteiger partial charge in [0.05, 0.1) is 31.5 Å². The van der Waals surface area contributed by atoms with Gasteiger partial charge in [0.15, 0.2) is 0 Å². The first-order valence-corrected chi connectivity index (χ1v) is 8.61. The van der Waals surface area contributed by atoms with Crippen LogP contribution in [0, 0.1) is 0 Å². The van der Waals surface area contributed by atoms with Gasteiger partial charge in [-0.25, -0.2) is 4.98 Å². The highest BCUT2D eigenvalue weighted by molar-refractivity contribution is 5.94. The zero-order valence-corrected chi connectivity index (χ0v) is 14.7. The summed E-state index contributed by atoms with van der Waals surface area (Å²) in [6.45, 7) is 2.44. The molecule has 6 nitrogen and oxygen atoms in total. The summed E-state index contributed by atoms with van der Waals surface area (Å²) < 4.78 is 6.87. The van der Waals surface area contributed by atoms with Gasteiger partial charge in [-0.15, -0.1) is 0 Å². The van der Waals surface area contributed by atoms with Crippen LogP contribution >= 0.6 is 0 Å². The molecule has 0 saturated carbocycles. The number of hydrogen-bond donors (Lipinski definition) is 0. The highest BCUT2D eigenvalue weighted by atomic mass is 16.5. The molecule has 0 saturated heterocycles. The molecule has 0 aliphatic rings. The number of pyridine rings is 1. The number of aromatic nitrogens is 2. The minimum atomic E-state index is -0.358. The Bertz CT molecular complexity index is 889. The van der Waals surface area contributed by atoms with E-state index in [0.717, 1.165) is 17.0 Å². The Hall–Kier alpha value is -3.15. The van der Waals surface area contributed by atoms with Gasteiger partial charge in [0, 0.05) is 18.3 Å². The fourth-order valence-electron chi connectivity index (χ4n) is 2.77. The number of carbonyl (C=O) groups excluding carboxylic acids is 2. The molecule has 1 aromatic carbocycles. The molecule has 26 heavy (non-hydrogen) atoms. The lowest BCUT2D eigenvalue weighted by molar-refractivity contribution is -0.144. The summed E-state index contributed by atoms with van der Waals surface area (Å²) in [6.07, 6.45) is 3.86. The Labute approximate surface area is 152 Å². The van der Waals surface area contributed by atoms with Crippen LogP contribution in [-0.4, -0.2) is 27.9 Å². The number of amides is 1. The maximum absolute atomic E-state index is 12.8. The number of fused-ring (bicyclic) bond motifs is 1. The lowest BCUT2D eigenvalue weighted by Crippen LogP contribution is -2.31. The van der Waals surface area contributed by atoms with Crippen LogP contribution in [0.1, 0.15) is 25.5 Å². The Morgan fingerprint density at radius 3 is 2.62 bits per heavy atom. The van der Waals surface area contributed by atoms with Gasteiger partial charge < -0.3 is 14.0 Å². The standard InChI is InChI=1S/C20H21N3O3/c1-2-26-20(25)12-11-19(24)23(16-8-4-3-5-9-16)15-17-14-21-18-10-6-7-13-22(17)18/h3-10,13-14H,2,11-12,15H2,1H3. The van der Waals surface area contributed by atoms with Crippen LogP contribution in [0.25, 0.3) is 5.65 Å². The van der Waals surface area contributed by atoms with Gasteiger partial charge in [-0.1, -0.05) is 24.3 Å². The zero-order chi connectivity index (χ0) is 18.4. The minimum absolute atomic E-state index is 0.0726. The normalized spacial score (nSPS) is 10.7. The quantitative estimate of drug-likeness (QED) is 0.613. The summed E-state index contributed by atoms with van der Waals surface area (Å²) in [4.78, 5) is 30.4. The van der Waals surface area contributed by atoms with Crippen molar-refractivity contribution in [2.75, 3.05) is 11.5 Å². The number of carbonyl (C=O) groups is 2. The molecule has 2 heterocycles. The molecule has 0 fully saturated rings. The molecule has 3 rings (SSSR count). The van der Waals surface area contributed by atoms with Crippen molar-refractivity contribution in [1.29, 1.82) is 0 Å². The summed E-state index contributed by atoms with van der Waals surface area (Å²) in [6, 6.07) is 15.2. The Kier molecular flexibility index (Phi) is 5.63. The molecule has 2 aromatic heterocycles. The Balaban J connectivity index is 1.82. The lowest BCUT2D eigenvalue weighted by atomic mass is 10.2. The monoisotopic (exact) mass is 351 g/mol. The molecule has 0 atom stereocenters. The van der Waals surface area contributed by atoms with Crippen LogP contribution in [0.3, 0.4) is 0 Å². The largest absolute Gasteiger partial charge is 0.466 e. The van der Waals surface area contributed by atoms with Gasteiger partial charge >= 0.3 is 5.97 Å². The van der Waals surface area contributed by atoms with Crippen molar-refractivity contribution in [3.05, 3.63) is 66.6 Å². The summed E-state index contributed by atoms with van der Waals surface area (Å²) >= 11 is 0. The average molecular weight is 351 g/mol. The molecule has 0 N–H and O–H groups in total. The number of benzene rings is 1. The number of nitrogens with zero attached hydrogens (tertiary/aromatic N) is 3. The second-order valence-corrected chi connectivity index (χ2v) is 5.80. The molecule has 0 bridgehead atoms. The number of imidazole rings is 1. The third-order valence-corrected chi connectivity index (χ3v) is 4.03. The van der Waals surface area contributed by atoms with Crippen molar-refractivity contribution in [2.45, 2.75) is 26.3 Å². The molecule has 3 aromatic rings. The van der Waals surface area contributed by atoms with Crippen LogP contribution in [0.4, 0.5) is 5.69 Å². The van der Waals surface area contributed by atoms with Gasteiger partial charge in [-0.05, 0) is 31.2 Å². The Morgan fingerprint density at radius 2 is 1.85 bits per heavy atom. The van der Waals surface area contributed by atoms with Crippen LogP contribution in [-0.2, 0) is 20.9 Å². The number of para-hydroxylation sites is 1. The highest BCUT2D eigenvalue weighted by Crippen LogP contribution is 2.19. The van der Waals surface area contributed by atoms with Crippen LogP contribution < -0.4 is 4.90 Å². The number of anilines is 1. The second-order valence-electron chi connectivity index (χ2n) is 5.80. The molecule has 0 unspecified atom stereocenters. The molecule has 134 valence electrons. The van der Waals surface area contributed by atoms with E-state index in [4.69, 9.17) is 4.74 Å². The number of esters is 1. The molecule has 0 aliphatic heterocycles. The fraction of sp³-hybridized carbons (Fsp3) is 0.250. The van der Waals surface area contributed by atoms with E-state index in [2.05, 4.69) is 4.98 Å². The maximum Gasteiger partial charge on any atom is 0.306 e. The van der Waals surface area contributed by atoms with Gasteiger partial charge in [-0.2, -0.15) is 0 Å². The van der Waals surface area contributed by atoms with Crippen LogP contribution in [0.5, 0.6) is 0 Å². The van der Waals surface area contributed by atoms with Crippen molar-refractivity contribution >= 4 is 23.2 Å². The Morgan fingerprint density at radius 1 is 1.08 bits per heavy atom. The van der Waals surface area contributed by atoms with Crippen molar-refractivity contribution in [2.24, 2.45) is 0 Å². The number of hydrogen-bond acceptors (Lipinski definition) is 4. The molecule has 6 heteroatoms. The van der Waals surface area contributed by atoms with Crippen LogP contribution in [0.2, 0.25) is 0 Å². The smallest absolute Gasteiger partial charge is 0.306 e. The van der Waals surface area contributed by atoms with E-state index < -0.39 is 0 Å². The van der Waals surface area contributed by atoms with Gasteiger partial charge in [0.25, 0.3) is 0 Å². The molecule has 0 radical (unpaired) electrons. The van der Waals surface area contributed by atoms with Gasteiger partial charge in [0.2, 0.25) is 5.91 Å². The predicted molar refractivity (Wildman–Crippen MR) is 98.7 cm³/mol. The average Bonchev–Trinajstić information content (AvgIpc) is 3.08. The summed E-state index contributed by atoms with van der Waals surface area (Å²) in [7, 11) is 0. The summed E-state index contributed by atoms with van der Waals surface area (Å²) in [5.74, 6) is -0.487. The first-order chi connectivity index (χ1) is 12.7. The second kappa shape index (κ2) is 8.29. The fourth-order valence-corrected chi connectivity index (χ4v) is 2.77. The van der Waals surface area contributed by atoms with Crippen molar-refractivity contribution in [3.63, 3.8) is 0 Å². The van der Waals surface area contributed by atoms with E-state index in [0.29, 0.717) is 13.2 Å². The van der Waals surface area contributed by atoms with E-state index in [1.165, 1.54) is 0 Å². The molecular weight excluding hydrogens is 330 g/mol. The van der Waals surface area contributed by atoms with E-state index in [-0.39, 0.29) is 24.7 Å². The first-order valence-electron chi connectivity index (χ1n) is 8.61. The SMILES string of the molecule is CCOC(=O)CCC(=O)N(Cc1cnc2ccccn12)c1ccccc1. The molecule has 0 aliphatic carbocycles. The third-order valence-electron chi connectivity index (χ3n) is 4.03. The highest BCUT2D eigenvalue weighted by Gasteiger charge is 2.19. The van der Waals surface area contributed by atoms with Gasteiger partial charge in [-0.3, -0.25) is 9.59 Å². The van der Waals surface area contributed by atoms with E-state index in [9.17, 15) is 9.59 Å². The van der Waals surface area contributed by atoms with E-state index in [1.54, 1.807) is 18.0 Å². The number of ether oxygens (including phenoxy) is 1. The lowest BCUT2D eigenvalue weighted by Gasteiger charge is -2.22. The topological polar surface area (TPSA) is 63.9 Å². The third kappa shape index (κ3) is 4.08. The number of rotatable bonds is 7. The minimum Gasteiger partial charge on any atom is -0.466 e. The van der Waals surface area contributed by atoms with Crippen LogP contribution in [0.15, 0.2) is 60.9 Å². The first kappa shape index (κ1) is 17.7. The summed E-state index contributed by atoms with van der Waals surface area (Å²) in [5, 5.41) is 0. The van der Waals surface area contributed by atoms with Crippen molar-refractivity contribution in [3.8, 4) is 0 Å². The van der Waals surface area contributed by atoms with Gasteiger partial charge in [0.1, 0.15) is 5.65 Å². The predicted octanol–water partition coefficient (Wildman–Crippen LogP) is 3.21. The molecular formula is C20H21N3O3.